The molecule has 1 heterocycles. The van der Waals surface area contributed by atoms with Crippen molar-refractivity contribution in [2.75, 3.05) is 20.8 Å². The number of nitrogens with zero attached hydrogens (tertiary/aromatic N) is 2. The van der Waals surface area contributed by atoms with Crippen LogP contribution in [0.5, 0.6) is 11.5 Å². The minimum atomic E-state index is -0.192. The number of hydrogen-bond donors (Lipinski definition) is 1. The Hall–Kier alpha value is -2.50. The molecule has 1 aromatic carbocycles. The molecule has 6 nitrogen and oxygen atoms in total. The van der Waals surface area contributed by atoms with E-state index < -0.39 is 0 Å². The number of rotatable bonds is 5. The molecule has 0 aliphatic rings. The van der Waals surface area contributed by atoms with Crippen LogP contribution in [0.1, 0.15) is 5.56 Å². The first kappa shape index (κ1) is 13.9. The molecule has 0 radical (unpaired) electrons. The van der Waals surface area contributed by atoms with Crippen molar-refractivity contribution in [2.45, 2.75) is 6.42 Å². The molecule has 106 valence electrons. The standard InChI is InChI=1S/C14H17N3O3/c1-19-12-4-3-11(9-13(12)20-2)5-6-16-14(18)17-8-7-15-10-17/h3-4,7-10H,5-6H2,1-2H3,(H,16,18). The average molecular weight is 275 g/mol. The van der Waals surface area contributed by atoms with Crippen LogP contribution in [0.15, 0.2) is 36.9 Å². The van der Waals surface area contributed by atoms with E-state index in [1.165, 1.54) is 10.9 Å². The SMILES string of the molecule is COc1ccc(CCNC(=O)n2ccnc2)cc1OC. The van der Waals surface area contributed by atoms with E-state index in [0.29, 0.717) is 24.5 Å². The molecule has 0 unspecified atom stereocenters. The van der Waals surface area contributed by atoms with Gasteiger partial charge in [-0.3, -0.25) is 4.57 Å². The van der Waals surface area contributed by atoms with Crippen molar-refractivity contribution >= 4 is 6.03 Å². The Morgan fingerprint density at radius 3 is 2.75 bits per heavy atom. The zero-order valence-corrected chi connectivity index (χ0v) is 11.5. The van der Waals surface area contributed by atoms with Crippen LogP contribution in [0.4, 0.5) is 4.79 Å². The molecule has 0 bridgehead atoms. The predicted molar refractivity (Wildman–Crippen MR) is 74.3 cm³/mol. The van der Waals surface area contributed by atoms with E-state index in [1.807, 2.05) is 18.2 Å². The van der Waals surface area contributed by atoms with Crippen molar-refractivity contribution in [1.29, 1.82) is 0 Å². The maximum atomic E-state index is 11.7. The van der Waals surface area contributed by atoms with Gasteiger partial charge >= 0.3 is 6.03 Å². The van der Waals surface area contributed by atoms with Gasteiger partial charge in [-0.15, -0.1) is 0 Å². The molecular weight excluding hydrogens is 258 g/mol. The molecule has 0 atom stereocenters. The number of benzene rings is 1. The molecule has 2 rings (SSSR count). The molecule has 0 aliphatic carbocycles. The summed E-state index contributed by atoms with van der Waals surface area (Å²) in [5.74, 6) is 1.38. The van der Waals surface area contributed by atoms with E-state index in [1.54, 1.807) is 26.6 Å². The van der Waals surface area contributed by atoms with Crippen molar-refractivity contribution in [2.24, 2.45) is 0 Å². The van der Waals surface area contributed by atoms with E-state index in [0.717, 1.165) is 5.56 Å². The molecule has 0 saturated heterocycles. The van der Waals surface area contributed by atoms with Crippen LogP contribution in [0, 0.1) is 0 Å². The van der Waals surface area contributed by atoms with Crippen LogP contribution < -0.4 is 14.8 Å². The highest BCUT2D eigenvalue weighted by molar-refractivity contribution is 5.76. The van der Waals surface area contributed by atoms with Gasteiger partial charge in [0.25, 0.3) is 0 Å². The van der Waals surface area contributed by atoms with Gasteiger partial charge in [0.05, 0.1) is 14.2 Å². The van der Waals surface area contributed by atoms with E-state index >= 15 is 0 Å². The minimum absolute atomic E-state index is 0.192. The number of nitrogens with one attached hydrogen (secondary N) is 1. The van der Waals surface area contributed by atoms with E-state index in [9.17, 15) is 4.79 Å². The lowest BCUT2D eigenvalue weighted by molar-refractivity contribution is 0.242. The predicted octanol–water partition coefficient (Wildman–Crippen LogP) is 1.70. The lowest BCUT2D eigenvalue weighted by Crippen LogP contribution is -2.29. The van der Waals surface area contributed by atoms with Gasteiger partial charge in [-0.25, -0.2) is 9.78 Å². The zero-order chi connectivity index (χ0) is 14.4. The number of aromatic nitrogens is 2. The zero-order valence-electron chi connectivity index (χ0n) is 11.5. The van der Waals surface area contributed by atoms with Crippen LogP contribution in [-0.2, 0) is 6.42 Å². The summed E-state index contributed by atoms with van der Waals surface area (Å²) < 4.78 is 11.8. The Morgan fingerprint density at radius 2 is 2.10 bits per heavy atom. The molecule has 1 N–H and O–H groups in total. The summed E-state index contributed by atoms with van der Waals surface area (Å²) in [7, 11) is 3.20. The number of imidazole rings is 1. The lowest BCUT2D eigenvalue weighted by atomic mass is 10.1. The highest BCUT2D eigenvalue weighted by atomic mass is 16.5. The van der Waals surface area contributed by atoms with Crippen molar-refractivity contribution in [3.05, 3.63) is 42.5 Å². The first-order chi connectivity index (χ1) is 9.74. The maximum Gasteiger partial charge on any atom is 0.326 e. The van der Waals surface area contributed by atoms with Crippen LogP contribution in [0.25, 0.3) is 0 Å². The Morgan fingerprint density at radius 1 is 1.30 bits per heavy atom. The fourth-order valence-corrected chi connectivity index (χ4v) is 1.82. The fraction of sp³-hybridized carbons (Fsp3) is 0.286. The summed E-state index contributed by atoms with van der Waals surface area (Å²) in [4.78, 5) is 15.5. The second-order valence-corrected chi connectivity index (χ2v) is 4.14. The lowest BCUT2D eigenvalue weighted by Gasteiger charge is -2.10. The van der Waals surface area contributed by atoms with Crippen LogP contribution in [-0.4, -0.2) is 36.3 Å². The molecular formula is C14H17N3O3. The summed E-state index contributed by atoms with van der Waals surface area (Å²) in [5.41, 5.74) is 1.06. The quantitative estimate of drug-likeness (QED) is 0.902. The van der Waals surface area contributed by atoms with Gasteiger partial charge < -0.3 is 14.8 Å². The highest BCUT2D eigenvalue weighted by Crippen LogP contribution is 2.27. The Labute approximate surface area is 117 Å². The molecule has 0 spiro atoms. The summed E-state index contributed by atoms with van der Waals surface area (Å²) in [6.45, 7) is 0.534. The van der Waals surface area contributed by atoms with Gasteiger partial charge in [0.2, 0.25) is 0 Å². The first-order valence-electron chi connectivity index (χ1n) is 6.21. The van der Waals surface area contributed by atoms with Crippen LogP contribution >= 0.6 is 0 Å². The molecule has 6 heteroatoms. The molecule has 0 saturated carbocycles. The number of ether oxygens (including phenoxy) is 2. The van der Waals surface area contributed by atoms with Crippen molar-refractivity contribution in [3.63, 3.8) is 0 Å². The molecule has 1 amide bonds. The summed E-state index contributed by atoms with van der Waals surface area (Å²) in [6.07, 6.45) is 5.34. The second kappa shape index (κ2) is 6.60. The number of carbonyl (C=O) groups is 1. The van der Waals surface area contributed by atoms with Gasteiger partial charge in [0, 0.05) is 18.9 Å². The number of amides is 1. The number of carbonyl (C=O) groups excluding carboxylic acids is 1. The maximum absolute atomic E-state index is 11.7. The van der Waals surface area contributed by atoms with Crippen molar-refractivity contribution in [1.82, 2.24) is 14.9 Å². The summed E-state index contributed by atoms with van der Waals surface area (Å²) >= 11 is 0. The van der Waals surface area contributed by atoms with Crippen LogP contribution in [0.3, 0.4) is 0 Å². The molecule has 20 heavy (non-hydrogen) atoms. The third-order valence-corrected chi connectivity index (χ3v) is 2.88. The summed E-state index contributed by atoms with van der Waals surface area (Å²) in [5, 5.41) is 2.81. The second-order valence-electron chi connectivity index (χ2n) is 4.14. The monoisotopic (exact) mass is 275 g/mol. The Kier molecular flexibility index (Phi) is 4.60. The molecule has 0 aliphatic heterocycles. The third kappa shape index (κ3) is 3.28. The van der Waals surface area contributed by atoms with Crippen molar-refractivity contribution < 1.29 is 14.3 Å². The van der Waals surface area contributed by atoms with E-state index in [-0.39, 0.29) is 6.03 Å². The average Bonchev–Trinajstić information content (AvgIpc) is 3.01. The smallest absolute Gasteiger partial charge is 0.326 e. The topological polar surface area (TPSA) is 65.4 Å². The third-order valence-electron chi connectivity index (χ3n) is 2.88. The molecule has 2 aromatic rings. The molecule has 1 aromatic heterocycles. The van der Waals surface area contributed by atoms with Gasteiger partial charge in [-0.2, -0.15) is 0 Å². The summed E-state index contributed by atoms with van der Waals surface area (Å²) in [6, 6.07) is 5.52. The van der Waals surface area contributed by atoms with Crippen molar-refractivity contribution in [3.8, 4) is 11.5 Å². The number of hydrogen-bond acceptors (Lipinski definition) is 4. The van der Waals surface area contributed by atoms with Gasteiger partial charge in [-0.05, 0) is 24.1 Å². The van der Waals surface area contributed by atoms with Gasteiger partial charge in [0.15, 0.2) is 11.5 Å². The normalized spacial score (nSPS) is 10.1. The minimum Gasteiger partial charge on any atom is -0.493 e. The van der Waals surface area contributed by atoms with Crippen LogP contribution in [0.2, 0.25) is 0 Å². The van der Waals surface area contributed by atoms with E-state index in [2.05, 4.69) is 10.3 Å². The Balaban J connectivity index is 1.89. The van der Waals surface area contributed by atoms with E-state index in [4.69, 9.17) is 9.47 Å². The van der Waals surface area contributed by atoms with Gasteiger partial charge in [0.1, 0.15) is 6.33 Å². The first-order valence-corrected chi connectivity index (χ1v) is 6.21. The largest absolute Gasteiger partial charge is 0.493 e. The highest BCUT2D eigenvalue weighted by Gasteiger charge is 2.06. The molecule has 0 fully saturated rings. The fourth-order valence-electron chi connectivity index (χ4n) is 1.82. The van der Waals surface area contributed by atoms with Gasteiger partial charge in [-0.1, -0.05) is 6.07 Å². The number of methoxy groups -OCH3 is 2. The Bertz CT molecular complexity index is 567.